The van der Waals surface area contributed by atoms with Crippen molar-refractivity contribution in [3.8, 4) is 28.1 Å². The molecule has 0 aliphatic heterocycles. The Kier molecular flexibility index (Phi) is 4.42. The van der Waals surface area contributed by atoms with Crippen molar-refractivity contribution < 1.29 is 0 Å². The van der Waals surface area contributed by atoms with E-state index in [1.54, 1.807) is 6.20 Å². The minimum Gasteiger partial charge on any atom is -0.293 e. The molecule has 164 valence electrons. The van der Waals surface area contributed by atoms with E-state index in [2.05, 4.69) is 81.3 Å². The Bertz CT molecular complexity index is 1820. The van der Waals surface area contributed by atoms with Gasteiger partial charge in [-0.2, -0.15) is 0 Å². The third kappa shape index (κ3) is 3.11. The van der Waals surface area contributed by atoms with Gasteiger partial charge in [-0.3, -0.25) is 14.5 Å². The maximum absolute atomic E-state index is 4.73. The van der Waals surface area contributed by atoms with Crippen LogP contribution < -0.4 is 0 Å². The van der Waals surface area contributed by atoms with Gasteiger partial charge in [0, 0.05) is 58.3 Å². The fourth-order valence-electron chi connectivity index (χ4n) is 5.07. The lowest BCUT2D eigenvalue weighted by Gasteiger charge is -2.12. The quantitative estimate of drug-likeness (QED) is 0.282. The van der Waals surface area contributed by atoms with Crippen molar-refractivity contribution in [2.24, 2.45) is 0 Å². The molecule has 0 amide bonds. The van der Waals surface area contributed by atoms with Crippen LogP contribution in [-0.4, -0.2) is 19.5 Å². The fourth-order valence-corrected chi connectivity index (χ4v) is 5.07. The van der Waals surface area contributed by atoms with Gasteiger partial charge < -0.3 is 0 Å². The maximum Gasteiger partial charge on any atom is 0.137 e. The van der Waals surface area contributed by atoms with Crippen LogP contribution in [-0.2, 0) is 0 Å². The zero-order valence-electron chi connectivity index (χ0n) is 18.8. The normalized spacial score (nSPS) is 11.4. The van der Waals surface area contributed by atoms with Gasteiger partial charge in [-0.1, -0.05) is 48.5 Å². The molecule has 0 N–H and O–H groups in total. The van der Waals surface area contributed by atoms with Gasteiger partial charge in [-0.15, -0.1) is 0 Å². The number of aromatic nitrogens is 4. The molecule has 4 heterocycles. The van der Waals surface area contributed by atoms with Gasteiger partial charge in [-0.05, 0) is 59.0 Å². The van der Waals surface area contributed by atoms with E-state index in [0.717, 1.165) is 33.5 Å². The third-order valence-corrected chi connectivity index (χ3v) is 6.61. The molecule has 0 fully saturated rings. The van der Waals surface area contributed by atoms with Crippen LogP contribution in [0.15, 0.2) is 122 Å². The van der Waals surface area contributed by atoms with Crippen LogP contribution in [0.5, 0.6) is 0 Å². The minimum atomic E-state index is 0.904. The zero-order valence-corrected chi connectivity index (χ0v) is 18.8. The molecule has 4 nitrogen and oxygen atoms in total. The molecule has 0 saturated carbocycles. The van der Waals surface area contributed by atoms with Crippen molar-refractivity contribution in [2.75, 3.05) is 0 Å². The van der Waals surface area contributed by atoms with Gasteiger partial charge in [0.25, 0.3) is 0 Å². The van der Waals surface area contributed by atoms with E-state index in [1.165, 1.54) is 27.1 Å². The molecule has 0 atom stereocenters. The van der Waals surface area contributed by atoms with Crippen LogP contribution in [0, 0.1) is 0 Å². The number of fused-ring (bicyclic) bond motifs is 5. The van der Waals surface area contributed by atoms with E-state index in [1.807, 2.05) is 49.1 Å². The molecule has 0 spiro atoms. The van der Waals surface area contributed by atoms with Crippen LogP contribution in [0.4, 0.5) is 0 Å². The molecule has 35 heavy (non-hydrogen) atoms. The van der Waals surface area contributed by atoms with Gasteiger partial charge in [0.05, 0.1) is 11.0 Å². The Morgan fingerprint density at radius 3 is 2.03 bits per heavy atom. The molecule has 0 unspecified atom stereocenters. The monoisotopic (exact) mass is 448 g/mol. The second-order valence-corrected chi connectivity index (χ2v) is 8.60. The van der Waals surface area contributed by atoms with Crippen LogP contribution in [0.1, 0.15) is 0 Å². The van der Waals surface area contributed by atoms with Gasteiger partial charge >= 0.3 is 0 Å². The molecule has 0 aliphatic rings. The summed E-state index contributed by atoms with van der Waals surface area (Å²) < 4.78 is 2.28. The summed E-state index contributed by atoms with van der Waals surface area (Å²) in [6, 6.07) is 31.8. The first-order valence-electron chi connectivity index (χ1n) is 11.6. The van der Waals surface area contributed by atoms with E-state index < -0.39 is 0 Å². The molecule has 0 bridgehead atoms. The first kappa shape index (κ1) is 19.6. The standard InChI is InChI=1S/C31H20N4/c1-2-10-25-24(9-1)26(23-8-6-15-33-20-23)18-28-27-17-21(22-7-5-14-32-19-22)12-13-29(27)35(31(25)28)30-11-3-4-16-34-30/h1-20H. The molecular weight excluding hydrogens is 428 g/mol. The summed E-state index contributed by atoms with van der Waals surface area (Å²) >= 11 is 0. The molecule has 0 aliphatic carbocycles. The van der Waals surface area contributed by atoms with E-state index in [9.17, 15) is 0 Å². The summed E-state index contributed by atoms with van der Waals surface area (Å²) in [6.07, 6.45) is 9.32. The Labute approximate surface area is 202 Å². The number of pyridine rings is 3. The number of rotatable bonds is 3. The highest BCUT2D eigenvalue weighted by molar-refractivity contribution is 6.22. The molecule has 7 aromatic rings. The average molecular weight is 449 g/mol. The van der Waals surface area contributed by atoms with E-state index in [4.69, 9.17) is 4.98 Å². The smallest absolute Gasteiger partial charge is 0.137 e. The highest BCUT2D eigenvalue weighted by Gasteiger charge is 2.19. The fraction of sp³-hybridized carbons (Fsp3) is 0. The predicted octanol–water partition coefficient (Wildman–Crippen LogP) is 7.46. The van der Waals surface area contributed by atoms with Gasteiger partial charge in [0.1, 0.15) is 5.82 Å². The number of benzene rings is 3. The Morgan fingerprint density at radius 1 is 0.514 bits per heavy atom. The van der Waals surface area contributed by atoms with Crippen LogP contribution >= 0.6 is 0 Å². The van der Waals surface area contributed by atoms with E-state index in [-0.39, 0.29) is 0 Å². The highest BCUT2D eigenvalue weighted by Crippen LogP contribution is 2.41. The summed E-state index contributed by atoms with van der Waals surface area (Å²) in [5.41, 5.74) is 6.80. The molecule has 0 radical (unpaired) electrons. The molecular formula is C31H20N4. The lowest BCUT2D eigenvalue weighted by Crippen LogP contribution is -1.97. The van der Waals surface area contributed by atoms with Crippen molar-refractivity contribution in [1.29, 1.82) is 0 Å². The van der Waals surface area contributed by atoms with Gasteiger partial charge in [0.15, 0.2) is 0 Å². The maximum atomic E-state index is 4.73. The van der Waals surface area contributed by atoms with E-state index >= 15 is 0 Å². The molecule has 3 aromatic carbocycles. The summed E-state index contributed by atoms with van der Waals surface area (Å²) in [6.45, 7) is 0. The van der Waals surface area contributed by atoms with Crippen molar-refractivity contribution >= 4 is 32.6 Å². The van der Waals surface area contributed by atoms with Crippen LogP contribution in [0.2, 0.25) is 0 Å². The lowest BCUT2D eigenvalue weighted by atomic mass is 9.95. The minimum absolute atomic E-state index is 0.904. The Morgan fingerprint density at radius 2 is 1.29 bits per heavy atom. The summed E-state index contributed by atoms with van der Waals surface area (Å²) in [7, 11) is 0. The van der Waals surface area contributed by atoms with Crippen LogP contribution in [0.25, 0.3) is 60.6 Å². The second-order valence-electron chi connectivity index (χ2n) is 8.60. The second kappa shape index (κ2) is 7.89. The molecule has 4 aromatic heterocycles. The van der Waals surface area contributed by atoms with E-state index in [0.29, 0.717) is 0 Å². The first-order chi connectivity index (χ1) is 17.4. The molecule has 0 saturated heterocycles. The zero-order chi connectivity index (χ0) is 23.2. The number of hydrogen-bond donors (Lipinski definition) is 0. The Hall–Kier alpha value is -4.83. The molecule has 7 rings (SSSR count). The number of nitrogens with zero attached hydrogens (tertiary/aromatic N) is 4. The van der Waals surface area contributed by atoms with Gasteiger partial charge in [0.2, 0.25) is 0 Å². The van der Waals surface area contributed by atoms with Crippen molar-refractivity contribution in [3.63, 3.8) is 0 Å². The molecule has 4 heteroatoms. The summed E-state index contributed by atoms with van der Waals surface area (Å²) in [4.78, 5) is 13.5. The third-order valence-electron chi connectivity index (χ3n) is 6.61. The largest absolute Gasteiger partial charge is 0.293 e. The topological polar surface area (TPSA) is 43.6 Å². The Balaban J connectivity index is 1.67. The SMILES string of the molecule is c1ccc(-n2c3ccc(-c4cccnc4)cc3c3cc(-c4cccnc4)c4ccccc4c32)nc1. The average Bonchev–Trinajstić information content (AvgIpc) is 3.28. The van der Waals surface area contributed by atoms with Gasteiger partial charge in [-0.25, -0.2) is 4.98 Å². The van der Waals surface area contributed by atoms with Crippen molar-refractivity contribution in [3.05, 3.63) is 122 Å². The lowest BCUT2D eigenvalue weighted by molar-refractivity contribution is 1.08. The highest BCUT2D eigenvalue weighted by atomic mass is 15.1. The van der Waals surface area contributed by atoms with Crippen molar-refractivity contribution in [1.82, 2.24) is 19.5 Å². The van der Waals surface area contributed by atoms with Crippen LogP contribution in [0.3, 0.4) is 0 Å². The number of hydrogen-bond acceptors (Lipinski definition) is 3. The summed E-state index contributed by atoms with van der Waals surface area (Å²) in [5, 5.41) is 4.76. The van der Waals surface area contributed by atoms with Crippen molar-refractivity contribution in [2.45, 2.75) is 0 Å². The predicted molar refractivity (Wildman–Crippen MR) is 143 cm³/mol. The first-order valence-corrected chi connectivity index (χ1v) is 11.6. The summed E-state index contributed by atoms with van der Waals surface area (Å²) in [5.74, 6) is 0.904.